The summed E-state index contributed by atoms with van der Waals surface area (Å²) in [6, 6.07) is 14.8. The number of amides is 1. The molecule has 0 radical (unpaired) electrons. The number of rotatable bonds is 11. The third-order valence-electron chi connectivity index (χ3n) is 5.42. The Balaban J connectivity index is 1.89. The van der Waals surface area contributed by atoms with E-state index in [2.05, 4.69) is 10.4 Å². The highest BCUT2D eigenvalue weighted by Crippen LogP contribution is 2.35. The van der Waals surface area contributed by atoms with Gasteiger partial charge in [-0.3, -0.25) is 4.79 Å². The van der Waals surface area contributed by atoms with Crippen molar-refractivity contribution in [3.05, 3.63) is 60.3 Å². The number of sulfonamides is 1. The number of aromatic nitrogens is 2. The third kappa shape index (κ3) is 5.75. The number of hydrogen-bond acceptors (Lipinski definition) is 6. The van der Waals surface area contributed by atoms with E-state index in [1.807, 2.05) is 30.3 Å². The molecule has 0 saturated carbocycles. The predicted molar refractivity (Wildman–Crippen MR) is 131 cm³/mol. The Morgan fingerprint density at radius 1 is 1.12 bits per heavy atom. The molecular weight excluding hydrogens is 456 g/mol. The fourth-order valence-corrected chi connectivity index (χ4v) is 4.26. The number of nitrogens with one attached hydrogen (secondary N) is 1. The van der Waals surface area contributed by atoms with Crippen LogP contribution in [-0.4, -0.2) is 68.5 Å². The third-order valence-corrected chi connectivity index (χ3v) is 7.28. The second-order valence-corrected chi connectivity index (χ2v) is 9.93. The van der Waals surface area contributed by atoms with Crippen molar-refractivity contribution in [2.45, 2.75) is 13.3 Å². The lowest BCUT2D eigenvalue weighted by Crippen LogP contribution is -2.32. The van der Waals surface area contributed by atoms with Crippen LogP contribution in [0.5, 0.6) is 11.5 Å². The number of methoxy groups -OCH3 is 2. The van der Waals surface area contributed by atoms with Gasteiger partial charge in [0.25, 0.3) is 5.91 Å². The summed E-state index contributed by atoms with van der Waals surface area (Å²) < 4.78 is 37.6. The van der Waals surface area contributed by atoms with Crippen LogP contribution in [0.4, 0.5) is 0 Å². The smallest absolute Gasteiger partial charge is 0.255 e. The number of benzene rings is 2. The Kier molecular flexibility index (Phi) is 8.30. The minimum Gasteiger partial charge on any atom is -0.497 e. The second-order valence-electron chi connectivity index (χ2n) is 7.57. The highest BCUT2D eigenvalue weighted by Gasteiger charge is 2.22. The zero-order valence-electron chi connectivity index (χ0n) is 19.8. The average molecular weight is 487 g/mol. The summed E-state index contributed by atoms with van der Waals surface area (Å²) >= 11 is 0. The number of carbonyl (C=O) groups is 1. The first kappa shape index (κ1) is 25.3. The van der Waals surface area contributed by atoms with Gasteiger partial charge in [-0.1, -0.05) is 18.2 Å². The molecule has 0 aliphatic heterocycles. The molecule has 3 rings (SSSR count). The average Bonchev–Trinajstić information content (AvgIpc) is 3.32. The molecule has 10 heteroatoms. The van der Waals surface area contributed by atoms with E-state index in [1.54, 1.807) is 50.2 Å². The molecule has 0 aliphatic rings. The van der Waals surface area contributed by atoms with Gasteiger partial charge in [0.1, 0.15) is 17.2 Å². The quantitative estimate of drug-likeness (QED) is 0.418. The predicted octanol–water partition coefficient (Wildman–Crippen LogP) is 2.96. The molecule has 1 amide bonds. The summed E-state index contributed by atoms with van der Waals surface area (Å²) in [5.74, 6) is 0.888. The maximum atomic E-state index is 13.2. The standard InChI is InChI=1S/C24H30N4O5S/c1-5-34(30,31)27(2)15-9-14-25-24(29)21-17-28(18-10-7-6-8-11-18)26-23(21)20-16-19(32-3)12-13-22(20)33-4/h6-8,10-13,16-17H,5,9,14-15H2,1-4H3,(H,25,29). The molecule has 1 heterocycles. The van der Waals surface area contributed by atoms with Crippen LogP contribution in [0, 0.1) is 0 Å². The van der Waals surface area contributed by atoms with Crippen LogP contribution >= 0.6 is 0 Å². The van der Waals surface area contributed by atoms with E-state index in [9.17, 15) is 13.2 Å². The van der Waals surface area contributed by atoms with E-state index in [-0.39, 0.29) is 11.7 Å². The molecule has 182 valence electrons. The molecular formula is C24H30N4O5S. The van der Waals surface area contributed by atoms with E-state index in [4.69, 9.17) is 9.47 Å². The molecule has 3 aromatic rings. The van der Waals surface area contributed by atoms with Gasteiger partial charge in [0.2, 0.25) is 10.0 Å². The fraction of sp³-hybridized carbons (Fsp3) is 0.333. The van der Waals surface area contributed by atoms with E-state index in [1.165, 1.54) is 11.4 Å². The minimum atomic E-state index is -3.25. The van der Waals surface area contributed by atoms with Crippen molar-refractivity contribution >= 4 is 15.9 Å². The Hall–Kier alpha value is -3.37. The first-order valence-corrected chi connectivity index (χ1v) is 12.5. The Bertz CT molecular complexity index is 1230. The molecule has 0 aliphatic carbocycles. The lowest BCUT2D eigenvalue weighted by molar-refractivity contribution is 0.0953. The van der Waals surface area contributed by atoms with Crippen LogP contribution in [0.1, 0.15) is 23.7 Å². The molecule has 0 saturated heterocycles. The molecule has 2 aromatic carbocycles. The van der Waals surface area contributed by atoms with Gasteiger partial charge >= 0.3 is 0 Å². The molecule has 0 fully saturated rings. The zero-order chi connectivity index (χ0) is 24.7. The fourth-order valence-electron chi connectivity index (χ4n) is 3.41. The summed E-state index contributed by atoms with van der Waals surface area (Å²) in [6.45, 7) is 2.23. The van der Waals surface area contributed by atoms with Gasteiger partial charge in [-0.25, -0.2) is 17.4 Å². The maximum Gasteiger partial charge on any atom is 0.255 e. The molecule has 1 aromatic heterocycles. The molecule has 0 unspecified atom stereocenters. The lowest BCUT2D eigenvalue weighted by Gasteiger charge is -2.15. The van der Waals surface area contributed by atoms with Crippen molar-refractivity contribution in [3.8, 4) is 28.4 Å². The summed E-state index contributed by atoms with van der Waals surface area (Å²) in [5.41, 5.74) is 2.24. The second kappa shape index (κ2) is 11.2. The minimum absolute atomic E-state index is 0.0419. The molecule has 9 nitrogen and oxygen atoms in total. The van der Waals surface area contributed by atoms with Crippen LogP contribution in [0.3, 0.4) is 0 Å². The topological polar surface area (TPSA) is 103 Å². The Morgan fingerprint density at radius 2 is 1.85 bits per heavy atom. The summed E-state index contributed by atoms with van der Waals surface area (Å²) in [6.07, 6.45) is 2.15. The maximum absolute atomic E-state index is 13.2. The summed E-state index contributed by atoms with van der Waals surface area (Å²) in [7, 11) is 1.41. The van der Waals surface area contributed by atoms with Gasteiger partial charge < -0.3 is 14.8 Å². The van der Waals surface area contributed by atoms with Crippen molar-refractivity contribution in [3.63, 3.8) is 0 Å². The van der Waals surface area contributed by atoms with Crippen LogP contribution in [0.2, 0.25) is 0 Å². The van der Waals surface area contributed by atoms with Crippen molar-refractivity contribution in [1.29, 1.82) is 0 Å². The molecule has 34 heavy (non-hydrogen) atoms. The van der Waals surface area contributed by atoms with Gasteiger partial charge in [0.15, 0.2) is 0 Å². The normalized spacial score (nSPS) is 11.4. The highest BCUT2D eigenvalue weighted by atomic mass is 32.2. The van der Waals surface area contributed by atoms with Crippen molar-refractivity contribution < 1.29 is 22.7 Å². The van der Waals surface area contributed by atoms with Crippen LogP contribution in [-0.2, 0) is 10.0 Å². The first-order chi connectivity index (χ1) is 16.3. The summed E-state index contributed by atoms with van der Waals surface area (Å²) in [5, 5.41) is 7.57. The SMILES string of the molecule is CCS(=O)(=O)N(C)CCCNC(=O)c1cn(-c2ccccc2)nc1-c1cc(OC)ccc1OC. The highest BCUT2D eigenvalue weighted by molar-refractivity contribution is 7.89. The summed E-state index contributed by atoms with van der Waals surface area (Å²) in [4.78, 5) is 13.2. The molecule has 1 N–H and O–H groups in total. The number of hydrogen-bond donors (Lipinski definition) is 1. The van der Waals surface area contributed by atoms with E-state index >= 15 is 0 Å². The van der Waals surface area contributed by atoms with E-state index < -0.39 is 10.0 Å². The Morgan fingerprint density at radius 3 is 2.50 bits per heavy atom. The van der Waals surface area contributed by atoms with Gasteiger partial charge in [0, 0.05) is 31.9 Å². The number of ether oxygens (including phenoxy) is 2. The van der Waals surface area contributed by atoms with E-state index in [0.717, 1.165) is 5.69 Å². The number of carbonyl (C=O) groups excluding carboxylic acids is 1. The Labute approximate surface area is 200 Å². The van der Waals surface area contributed by atoms with Crippen LogP contribution in [0.15, 0.2) is 54.7 Å². The monoisotopic (exact) mass is 486 g/mol. The van der Waals surface area contributed by atoms with Crippen molar-refractivity contribution in [2.75, 3.05) is 40.1 Å². The van der Waals surface area contributed by atoms with Gasteiger partial charge in [-0.15, -0.1) is 0 Å². The van der Waals surface area contributed by atoms with Gasteiger partial charge in [-0.05, 0) is 43.7 Å². The molecule has 0 spiro atoms. The molecule has 0 atom stereocenters. The van der Waals surface area contributed by atoms with Crippen molar-refractivity contribution in [2.24, 2.45) is 0 Å². The van der Waals surface area contributed by atoms with Gasteiger partial charge in [-0.2, -0.15) is 5.10 Å². The largest absolute Gasteiger partial charge is 0.497 e. The van der Waals surface area contributed by atoms with Gasteiger partial charge in [0.05, 0.1) is 31.2 Å². The van der Waals surface area contributed by atoms with Crippen LogP contribution in [0.25, 0.3) is 16.9 Å². The first-order valence-electron chi connectivity index (χ1n) is 10.9. The number of nitrogens with zero attached hydrogens (tertiary/aromatic N) is 3. The van der Waals surface area contributed by atoms with E-state index in [0.29, 0.717) is 47.8 Å². The molecule has 0 bridgehead atoms. The van der Waals surface area contributed by atoms with Crippen LogP contribution < -0.4 is 14.8 Å². The zero-order valence-corrected chi connectivity index (χ0v) is 20.6. The lowest BCUT2D eigenvalue weighted by atomic mass is 10.1. The van der Waals surface area contributed by atoms with Crippen molar-refractivity contribution in [1.82, 2.24) is 19.4 Å². The number of para-hydroxylation sites is 1.